The van der Waals surface area contributed by atoms with Crippen LogP contribution in [0.3, 0.4) is 0 Å². The molecular formula is C13H21ClN4O. The second-order valence-corrected chi connectivity index (χ2v) is 5.19. The first-order chi connectivity index (χ1) is 8.85. The van der Waals surface area contributed by atoms with Gasteiger partial charge in [-0.2, -0.15) is 0 Å². The molecule has 0 aliphatic heterocycles. The molecule has 0 spiro atoms. The van der Waals surface area contributed by atoms with Crippen molar-refractivity contribution in [3.05, 3.63) is 17.0 Å². The van der Waals surface area contributed by atoms with E-state index in [4.69, 9.17) is 11.6 Å². The number of nitrogens with one attached hydrogen (secondary N) is 1. The number of hydrogen-bond donors (Lipinski definition) is 1. The van der Waals surface area contributed by atoms with E-state index in [9.17, 15) is 4.79 Å². The van der Waals surface area contributed by atoms with Crippen molar-refractivity contribution in [3.8, 4) is 0 Å². The van der Waals surface area contributed by atoms with Crippen LogP contribution < -0.4 is 5.32 Å². The van der Waals surface area contributed by atoms with Gasteiger partial charge in [0, 0.05) is 25.6 Å². The molecule has 106 valence electrons. The normalized spacial score (nSPS) is 12.4. The maximum atomic E-state index is 12.0. The molecule has 5 nitrogen and oxygen atoms in total. The average molecular weight is 285 g/mol. The molecule has 0 aliphatic carbocycles. The van der Waals surface area contributed by atoms with Crippen LogP contribution in [-0.4, -0.2) is 40.4 Å². The van der Waals surface area contributed by atoms with E-state index in [0.29, 0.717) is 23.3 Å². The molecule has 0 fully saturated rings. The SMILES string of the molecule is CCN(C)C(=O)C(C)Nc1cc(Cl)nc(C(C)C)n1. The topological polar surface area (TPSA) is 58.1 Å². The summed E-state index contributed by atoms with van der Waals surface area (Å²) in [6.07, 6.45) is 0. The Morgan fingerprint density at radius 2 is 2.05 bits per heavy atom. The number of amides is 1. The van der Waals surface area contributed by atoms with Crippen LogP contribution in [0.15, 0.2) is 6.07 Å². The fourth-order valence-electron chi connectivity index (χ4n) is 1.54. The molecule has 6 heteroatoms. The Labute approximate surface area is 119 Å². The van der Waals surface area contributed by atoms with Gasteiger partial charge in [0.25, 0.3) is 0 Å². The minimum atomic E-state index is -0.351. The fourth-order valence-corrected chi connectivity index (χ4v) is 1.73. The van der Waals surface area contributed by atoms with Crippen molar-refractivity contribution in [2.24, 2.45) is 0 Å². The molecule has 0 radical (unpaired) electrons. The summed E-state index contributed by atoms with van der Waals surface area (Å²) < 4.78 is 0. The van der Waals surface area contributed by atoms with Crippen molar-refractivity contribution in [2.75, 3.05) is 18.9 Å². The molecule has 1 aromatic rings. The van der Waals surface area contributed by atoms with Gasteiger partial charge in [0.2, 0.25) is 5.91 Å². The van der Waals surface area contributed by atoms with Gasteiger partial charge in [-0.15, -0.1) is 0 Å². The Kier molecular flexibility index (Phi) is 5.54. The predicted molar refractivity (Wildman–Crippen MR) is 77.5 cm³/mol. The van der Waals surface area contributed by atoms with Crippen LogP contribution in [0.4, 0.5) is 5.82 Å². The quantitative estimate of drug-likeness (QED) is 0.844. The third-order valence-electron chi connectivity index (χ3n) is 2.81. The molecule has 0 saturated heterocycles. The molecule has 0 aromatic carbocycles. The van der Waals surface area contributed by atoms with E-state index in [1.54, 1.807) is 24.9 Å². The number of likely N-dealkylation sites (N-methyl/N-ethyl adjacent to an activating group) is 1. The van der Waals surface area contributed by atoms with Crippen molar-refractivity contribution in [3.63, 3.8) is 0 Å². The lowest BCUT2D eigenvalue weighted by molar-refractivity contribution is -0.130. The molecule has 0 bridgehead atoms. The molecule has 1 heterocycles. The second-order valence-electron chi connectivity index (χ2n) is 4.81. The van der Waals surface area contributed by atoms with Gasteiger partial charge in [-0.05, 0) is 13.8 Å². The standard InChI is InChI=1S/C13H21ClN4O/c1-6-18(5)13(19)9(4)15-11-7-10(14)16-12(17-11)8(2)3/h7-9H,6H2,1-5H3,(H,15,16,17). The van der Waals surface area contributed by atoms with Gasteiger partial charge in [-0.3, -0.25) is 4.79 Å². The lowest BCUT2D eigenvalue weighted by Gasteiger charge is -2.21. The molecule has 0 saturated carbocycles. The van der Waals surface area contributed by atoms with E-state index in [0.717, 1.165) is 0 Å². The highest BCUT2D eigenvalue weighted by Crippen LogP contribution is 2.17. The Balaban J connectivity index is 2.84. The van der Waals surface area contributed by atoms with Crippen LogP contribution >= 0.6 is 11.6 Å². The molecule has 1 N–H and O–H groups in total. The highest BCUT2D eigenvalue weighted by atomic mass is 35.5. The summed E-state index contributed by atoms with van der Waals surface area (Å²) in [7, 11) is 1.77. The number of carbonyl (C=O) groups is 1. The Morgan fingerprint density at radius 1 is 1.42 bits per heavy atom. The number of carbonyl (C=O) groups excluding carboxylic acids is 1. The molecule has 1 rings (SSSR count). The van der Waals surface area contributed by atoms with E-state index in [1.165, 1.54) is 0 Å². The molecule has 1 unspecified atom stereocenters. The van der Waals surface area contributed by atoms with Gasteiger partial charge >= 0.3 is 0 Å². The zero-order chi connectivity index (χ0) is 14.6. The predicted octanol–water partition coefficient (Wildman–Crippen LogP) is 2.53. The first kappa shape index (κ1) is 15.7. The summed E-state index contributed by atoms with van der Waals surface area (Å²) in [6, 6.07) is 1.28. The minimum Gasteiger partial charge on any atom is -0.358 e. The average Bonchev–Trinajstić information content (AvgIpc) is 2.35. The third kappa shape index (κ3) is 4.35. The van der Waals surface area contributed by atoms with Crippen LogP contribution in [0, 0.1) is 0 Å². The van der Waals surface area contributed by atoms with Gasteiger partial charge in [-0.25, -0.2) is 9.97 Å². The summed E-state index contributed by atoms with van der Waals surface area (Å²) in [5, 5.41) is 3.45. The lowest BCUT2D eigenvalue weighted by Crippen LogP contribution is -2.39. The monoisotopic (exact) mass is 284 g/mol. The van der Waals surface area contributed by atoms with Gasteiger partial charge in [-0.1, -0.05) is 25.4 Å². The number of rotatable bonds is 5. The molecule has 19 heavy (non-hydrogen) atoms. The second kappa shape index (κ2) is 6.70. The van der Waals surface area contributed by atoms with Gasteiger partial charge in [0.05, 0.1) is 0 Å². The maximum absolute atomic E-state index is 12.0. The molecule has 0 aliphatic rings. The number of anilines is 1. The Morgan fingerprint density at radius 3 is 2.58 bits per heavy atom. The van der Waals surface area contributed by atoms with Crippen LogP contribution in [0.25, 0.3) is 0 Å². The lowest BCUT2D eigenvalue weighted by atomic mass is 10.2. The summed E-state index contributed by atoms with van der Waals surface area (Å²) in [5.74, 6) is 1.44. The van der Waals surface area contributed by atoms with Gasteiger partial charge < -0.3 is 10.2 Å². The number of nitrogens with zero attached hydrogens (tertiary/aromatic N) is 3. The van der Waals surface area contributed by atoms with Crippen molar-refractivity contribution < 1.29 is 4.79 Å². The van der Waals surface area contributed by atoms with E-state index < -0.39 is 0 Å². The summed E-state index contributed by atoms with van der Waals surface area (Å²) in [6.45, 7) is 8.40. The van der Waals surface area contributed by atoms with E-state index in [2.05, 4.69) is 15.3 Å². The first-order valence-corrected chi connectivity index (χ1v) is 6.79. The maximum Gasteiger partial charge on any atom is 0.244 e. The highest BCUT2D eigenvalue weighted by molar-refractivity contribution is 6.29. The zero-order valence-corrected chi connectivity index (χ0v) is 12.8. The van der Waals surface area contributed by atoms with Gasteiger partial charge in [0.1, 0.15) is 22.8 Å². The highest BCUT2D eigenvalue weighted by Gasteiger charge is 2.17. The summed E-state index contributed by atoms with van der Waals surface area (Å²) >= 11 is 5.96. The molecule has 1 atom stereocenters. The molecule has 1 aromatic heterocycles. The minimum absolute atomic E-state index is 0.0170. The van der Waals surface area contributed by atoms with Crippen molar-refractivity contribution >= 4 is 23.3 Å². The fraction of sp³-hybridized carbons (Fsp3) is 0.615. The zero-order valence-electron chi connectivity index (χ0n) is 12.1. The number of halogens is 1. The van der Waals surface area contributed by atoms with Crippen LogP contribution in [0.5, 0.6) is 0 Å². The van der Waals surface area contributed by atoms with Crippen LogP contribution in [0.1, 0.15) is 39.4 Å². The van der Waals surface area contributed by atoms with Gasteiger partial charge in [0.15, 0.2) is 0 Å². The number of aromatic nitrogens is 2. The van der Waals surface area contributed by atoms with Crippen LogP contribution in [0.2, 0.25) is 5.15 Å². The smallest absolute Gasteiger partial charge is 0.244 e. The molecule has 1 amide bonds. The van der Waals surface area contributed by atoms with Crippen molar-refractivity contribution in [2.45, 2.75) is 39.7 Å². The number of hydrogen-bond acceptors (Lipinski definition) is 4. The first-order valence-electron chi connectivity index (χ1n) is 6.41. The van der Waals surface area contributed by atoms with E-state index >= 15 is 0 Å². The summed E-state index contributed by atoms with van der Waals surface area (Å²) in [4.78, 5) is 22.1. The van der Waals surface area contributed by atoms with Crippen LogP contribution in [-0.2, 0) is 4.79 Å². The summed E-state index contributed by atoms with van der Waals surface area (Å²) in [5.41, 5.74) is 0. The van der Waals surface area contributed by atoms with Crippen molar-refractivity contribution in [1.29, 1.82) is 0 Å². The van der Waals surface area contributed by atoms with E-state index in [-0.39, 0.29) is 17.9 Å². The van der Waals surface area contributed by atoms with E-state index in [1.807, 2.05) is 20.8 Å². The Bertz CT molecular complexity index is 450. The third-order valence-corrected chi connectivity index (χ3v) is 3.01. The molecular weight excluding hydrogens is 264 g/mol. The largest absolute Gasteiger partial charge is 0.358 e. The Hall–Kier alpha value is -1.36. The van der Waals surface area contributed by atoms with Crippen molar-refractivity contribution in [1.82, 2.24) is 14.9 Å².